The van der Waals surface area contributed by atoms with E-state index in [0.29, 0.717) is 24.7 Å². The number of nitrogens with two attached hydrogens (primary N) is 1. The van der Waals surface area contributed by atoms with Crippen molar-refractivity contribution in [3.8, 4) is 0 Å². The van der Waals surface area contributed by atoms with Crippen LogP contribution in [0, 0.1) is 0 Å². The highest BCUT2D eigenvalue weighted by Crippen LogP contribution is 2.41. The van der Waals surface area contributed by atoms with Crippen molar-refractivity contribution < 1.29 is 9.26 Å². The van der Waals surface area contributed by atoms with Gasteiger partial charge in [0.05, 0.1) is 11.5 Å². The van der Waals surface area contributed by atoms with E-state index in [2.05, 4.69) is 10.1 Å². The Balaban J connectivity index is 2.07. The van der Waals surface area contributed by atoms with Crippen LogP contribution in [0.1, 0.15) is 37.9 Å². The standard InChI is InChI=1S/C11H19N3O2/c1-8(15-2)6-9-13-10(16-14-9)11(7-12)4-3-5-11/h8H,3-7,12H2,1-2H3. The molecular weight excluding hydrogens is 206 g/mol. The smallest absolute Gasteiger partial charge is 0.234 e. The lowest BCUT2D eigenvalue weighted by Gasteiger charge is -2.36. The molecule has 0 amide bonds. The fourth-order valence-electron chi connectivity index (χ4n) is 2.00. The predicted molar refractivity (Wildman–Crippen MR) is 59.1 cm³/mol. The topological polar surface area (TPSA) is 74.2 Å². The van der Waals surface area contributed by atoms with Crippen molar-refractivity contribution in [2.75, 3.05) is 13.7 Å². The van der Waals surface area contributed by atoms with E-state index < -0.39 is 0 Å². The van der Waals surface area contributed by atoms with Gasteiger partial charge in [-0.05, 0) is 19.8 Å². The van der Waals surface area contributed by atoms with Crippen molar-refractivity contribution in [1.29, 1.82) is 0 Å². The van der Waals surface area contributed by atoms with Crippen LogP contribution in [0.2, 0.25) is 0 Å². The van der Waals surface area contributed by atoms with Crippen molar-refractivity contribution in [2.45, 2.75) is 44.1 Å². The molecule has 1 saturated carbocycles. The van der Waals surface area contributed by atoms with Gasteiger partial charge in [0.25, 0.3) is 0 Å². The molecule has 5 nitrogen and oxygen atoms in total. The second-order valence-electron chi connectivity index (χ2n) is 4.60. The molecule has 2 N–H and O–H groups in total. The van der Waals surface area contributed by atoms with Gasteiger partial charge in [-0.25, -0.2) is 0 Å². The average molecular weight is 225 g/mol. The molecule has 5 heteroatoms. The van der Waals surface area contributed by atoms with Gasteiger partial charge >= 0.3 is 0 Å². The molecule has 0 saturated heterocycles. The normalized spacial score (nSPS) is 20.4. The summed E-state index contributed by atoms with van der Waals surface area (Å²) in [6, 6.07) is 0. The van der Waals surface area contributed by atoms with Crippen LogP contribution in [0.25, 0.3) is 0 Å². The zero-order chi connectivity index (χ0) is 11.6. The van der Waals surface area contributed by atoms with E-state index in [4.69, 9.17) is 15.0 Å². The minimum Gasteiger partial charge on any atom is -0.381 e. The number of hydrogen-bond donors (Lipinski definition) is 1. The molecule has 1 fully saturated rings. The molecule has 1 aromatic heterocycles. The monoisotopic (exact) mass is 225 g/mol. The fraction of sp³-hybridized carbons (Fsp3) is 0.818. The molecule has 1 atom stereocenters. The Morgan fingerprint density at radius 2 is 2.31 bits per heavy atom. The van der Waals surface area contributed by atoms with E-state index in [1.807, 2.05) is 6.92 Å². The van der Waals surface area contributed by atoms with Crippen molar-refractivity contribution in [3.63, 3.8) is 0 Å². The van der Waals surface area contributed by atoms with E-state index in [9.17, 15) is 0 Å². The summed E-state index contributed by atoms with van der Waals surface area (Å²) in [7, 11) is 1.68. The Labute approximate surface area is 95.3 Å². The molecule has 0 aliphatic heterocycles. The van der Waals surface area contributed by atoms with Crippen LogP contribution < -0.4 is 5.73 Å². The quantitative estimate of drug-likeness (QED) is 0.810. The summed E-state index contributed by atoms with van der Waals surface area (Å²) >= 11 is 0. The van der Waals surface area contributed by atoms with Gasteiger partial charge in [-0.1, -0.05) is 11.6 Å². The van der Waals surface area contributed by atoms with E-state index in [0.717, 1.165) is 12.8 Å². The summed E-state index contributed by atoms with van der Waals surface area (Å²) in [5.41, 5.74) is 5.74. The van der Waals surface area contributed by atoms with Gasteiger partial charge in [0.15, 0.2) is 5.82 Å². The second-order valence-corrected chi connectivity index (χ2v) is 4.60. The predicted octanol–water partition coefficient (Wildman–Crippen LogP) is 1.03. The summed E-state index contributed by atoms with van der Waals surface area (Å²) < 4.78 is 10.5. The largest absolute Gasteiger partial charge is 0.381 e. The highest BCUT2D eigenvalue weighted by molar-refractivity contribution is 5.11. The molecule has 90 valence electrons. The fourth-order valence-corrected chi connectivity index (χ4v) is 2.00. The molecular formula is C11H19N3O2. The van der Waals surface area contributed by atoms with Crippen LogP contribution in [0.4, 0.5) is 0 Å². The first-order chi connectivity index (χ1) is 7.70. The van der Waals surface area contributed by atoms with Gasteiger partial charge < -0.3 is 15.0 Å². The molecule has 2 rings (SSSR count). The van der Waals surface area contributed by atoms with Crippen molar-refractivity contribution in [3.05, 3.63) is 11.7 Å². The third kappa shape index (κ3) is 1.97. The van der Waals surface area contributed by atoms with Crippen LogP contribution in [0.5, 0.6) is 0 Å². The summed E-state index contributed by atoms with van der Waals surface area (Å²) in [4.78, 5) is 4.43. The maximum atomic E-state index is 5.79. The number of rotatable bonds is 5. The maximum absolute atomic E-state index is 5.79. The highest BCUT2D eigenvalue weighted by Gasteiger charge is 2.42. The molecule has 1 heterocycles. The summed E-state index contributed by atoms with van der Waals surface area (Å²) in [5.74, 6) is 1.42. The second kappa shape index (κ2) is 4.51. The summed E-state index contributed by atoms with van der Waals surface area (Å²) in [5, 5.41) is 3.98. The number of methoxy groups -OCH3 is 1. The van der Waals surface area contributed by atoms with Crippen LogP contribution in [0.15, 0.2) is 4.52 Å². The minimum atomic E-state index is -0.0401. The molecule has 0 bridgehead atoms. The van der Waals surface area contributed by atoms with Crippen molar-refractivity contribution in [2.24, 2.45) is 5.73 Å². The molecule has 0 spiro atoms. The van der Waals surface area contributed by atoms with E-state index >= 15 is 0 Å². The number of aromatic nitrogens is 2. The SMILES string of the molecule is COC(C)Cc1noc(C2(CN)CCC2)n1. The lowest BCUT2D eigenvalue weighted by molar-refractivity contribution is 0.116. The van der Waals surface area contributed by atoms with Crippen LogP contribution in [0.3, 0.4) is 0 Å². The Kier molecular flexibility index (Phi) is 3.25. The molecule has 1 aromatic rings. The van der Waals surface area contributed by atoms with Crippen LogP contribution >= 0.6 is 0 Å². The van der Waals surface area contributed by atoms with Gasteiger partial charge in [-0.3, -0.25) is 0 Å². The molecule has 0 radical (unpaired) electrons. The Morgan fingerprint density at radius 3 is 2.81 bits per heavy atom. The van der Waals surface area contributed by atoms with Gasteiger partial charge in [0.1, 0.15) is 0 Å². The Bertz CT molecular complexity index is 341. The van der Waals surface area contributed by atoms with Gasteiger partial charge in [-0.15, -0.1) is 0 Å². The maximum Gasteiger partial charge on any atom is 0.234 e. The highest BCUT2D eigenvalue weighted by atomic mass is 16.5. The first-order valence-electron chi connectivity index (χ1n) is 5.76. The Hall–Kier alpha value is -0.940. The zero-order valence-corrected chi connectivity index (χ0v) is 9.90. The van der Waals surface area contributed by atoms with Crippen molar-refractivity contribution >= 4 is 0 Å². The first-order valence-corrected chi connectivity index (χ1v) is 5.76. The first kappa shape index (κ1) is 11.5. The van der Waals surface area contributed by atoms with E-state index in [-0.39, 0.29) is 11.5 Å². The van der Waals surface area contributed by atoms with Gasteiger partial charge in [0, 0.05) is 20.1 Å². The van der Waals surface area contributed by atoms with Crippen LogP contribution in [-0.2, 0) is 16.6 Å². The average Bonchev–Trinajstić information content (AvgIpc) is 2.66. The molecule has 1 aliphatic carbocycles. The molecule has 16 heavy (non-hydrogen) atoms. The molecule has 0 aromatic carbocycles. The lowest BCUT2D eigenvalue weighted by Crippen LogP contribution is -2.41. The minimum absolute atomic E-state index is 0.0401. The Morgan fingerprint density at radius 1 is 1.56 bits per heavy atom. The van der Waals surface area contributed by atoms with E-state index in [1.54, 1.807) is 7.11 Å². The number of hydrogen-bond acceptors (Lipinski definition) is 5. The zero-order valence-electron chi connectivity index (χ0n) is 9.90. The summed E-state index contributed by atoms with van der Waals surface area (Å²) in [6.07, 6.45) is 4.11. The van der Waals surface area contributed by atoms with Crippen molar-refractivity contribution in [1.82, 2.24) is 10.1 Å². The molecule has 1 aliphatic rings. The third-order valence-corrected chi connectivity index (χ3v) is 3.50. The van der Waals surface area contributed by atoms with Gasteiger partial charge in [0.2, 0.25) is 5.89 Å². The number of nitrogens with zero attached hydrogens (tertiary/aromatic N) is 2. The van der Waals surface area contributed by atoms with Gasteiger partial charge in [-0.2, -0.15) is 4.98 Å². The van der Waals surface area contributed by atoms with E-state index in [1.165, 1.54) is 6.42 Å². The number of ether oxygens (including phenoxy) is 1. The van der Waals surface area contributed by atoms with Crippen LogP contribution in [-0.4, -0.2) is 29.9 Å². The molecule has 1 unspecified atom stereocenters. The summed E-state index contributed by atoms with van der Waals surface area (Å²) in [6.45, 7) is 2.58. The lowest BCUT2D eigenvalue weighted by atomic mass is 9.69. The third-order valence-electron chi connectivity index (χ3n) is 3.50.